The highest BCUT2D eigenvalue weighted by Crippen LogP contribution is 2.45. The minimum Gasteiger partial charge on any atom is -0.414 e. The predicted octanol–water partition coefficient (Wildman–Crippen LogP) is 6.44. The molecule has 1 N–H and O–H groups in total. The average molecular weight is 555 g/mol. The fourth-order valence-electron chi connectivity index (χ4n) is 5.20. The largest absolute Gasteiger partial charge is 0.414 e. The van der Waals surface area contributed by atoms with Crippen molar-refractivity contribution < 1.29 is 18.7 Å². The second kappa shape index (κ2) is 11.9. The van der Waals surface area contributed by atoms with Gasteiger partial charge in [-0.2, -0.15) is 0 Å². The number of rotatable bonds is 12. The van der Waals surface area contributed by atoms with Gasteiger partial charge in [-0.15, -0.1) is 0 Å². The average Bonchev–Trinajstić information content (AvgIpc) is 3.48. The molecule has 1 aliphatic heterocycles. The van der Waals surface area contributed by atoms with E-state index in [-0.39, 0.29) is 34.5 Å². The summed E-state index contributed by atoms with van der Waals surface area (Å²) in [5.74, 6) is 0. The van der Waals surface area contributed by atoms with E-state index in [1.54, 1.807) is 6.08 Å². The van der Waals surface area contributed by atoms with Crippen LogP contribution in [0.5, 0.6) is 0 Å². The quantitative estimate of drug-likeness (QED) is 0.186. The van der Waals surface area contributed by atoms with Crippen molar-refractivity contribution in [2.45, 2.75) is 102 Å². The van der Waals surface area contributed by atoms with Crippen molar-refractivity contribution in [3.05, 3.63) is 72.8 Å². The van der Waals surface area contributed by atoms with Crippen LogP contribution < -0.4 is 10.4 Å². The van der Waals surface area contributed by atoms with Crippen LogP contribution in [0.4, 0.5) is 0 Å². The maximum atomic E-state index is 9.21. The van der Waals surface area contributed by atoms with E-state index in [9.17, 15) is 5.11 Å². The van der Waals surface area contributed by atoms with Gasteiger partial charge in [0.15, 0.2) is 8.32 Å². The lowest BCUT2D eigenvalue weighted by atomic mass is 9.98. The van der Waals surface area contributed by atoms with Crippen LogP contribution in [0.2, 0.25) is 23.2 Å². The smallest absolute Gasteiger partial charge is 0.261 e. The molecule has 0 aliphatic carbocycles. The molecule has 0 saturated carbocycles. The number of hydrogen-bond acceptors (Lipinski definition) is 4. The Balaban J connectivity index is 1.89. The summed E-state index contributed by atoms with van der Waals surface area (Å²) in [4.78, 5) is 0. The normalized spacial score (nSPS) is 21.6. The molecule has 0 radical (unpaired) electrons. The fourth-order valence-corrected chi connectivity index (χ4v) is 11.2. The molecule has 1 fully saturated rings. The van der Waals surface area contributed by atoms with Crippen molar-refractivity contribution >= 4 is 27.0 Å². The zero-order valence-corrected chi connectivity index (χ0v) is 27.1. The third-order valence-electron chi connectivity index (χ3n) is 8.43. The van der Waals surface area contributed by atoms with Crippen LogP contribution in [0.3, 0.4) is 0 Å². The molecule has 38 heavy (non-hydrogen) atoms. The highest BCUT2D eigenvalue weighted by molar-refractivity contribution is 6.99. The van der Waals surface area contributed by atoms with Crippen LogP contribution >= 0.6 is 0 Å². The summed E-state index contributed by atoms with van der Waals surface area (Å²) in [6.07, 6.45) is 5.43. The van der Waals surface area contributed by atoms with Crippen molar-refractivity contribution in [2.75, 3.05) is 13.2 Å². The Bertz CT molecular complexity index is 1000. The van der Waals surface area contributed by atoms with E-state index >= 15 is 0 Å². The Morgan fingerprint density at radius 2 is 1.45 bits per heavy atom. The lowest BCUT2D eigenvalue weighted by Crippen LogP contribution is -2.66. The first kappa shape index (κ1) is 31.0. The van der Waals surface area contributed by atoms with Crippen molar-refractivity contribution in [1.29, 1.82) is 0 Å². The molecule has 2 aromatic carbocycles. The summed E-state index contributed by atoms with van der Waals surface area (Å²) < 4.78 is 20.3. The molecule has 1 heterocycles. The molecule has 0 amide bonds. The zero-order valence-electron chi connectivity index (χ0n) is 25.1. The number of benzene rings is 2. The molecular formula is C32H50O4Si2. The first-order chi connectivity index (χ1) is 17.7. The van der Waals surface area contributed by atoms with E-state index in [0.717, 1.165) is 12.8 Å². The molecule has 210 valence electrons. The molecular weight excluding hydrogens is 505 g/mol. The van der Waals surface area contributed by atoms with Crippen molar-refractivity contribution in [1.82, 2.24) is 0 Å². The van der Waals surface area contributed by atoms with Gasteiger partial charge in [-0.05, 0) is 46.9 Å². The number of hydrogen-bond donors (Lipinski definition) is 1. The molecule has 4 nitrogen and oxygen atoms in total. The van der Waals surface area contributed by atoms with E-state index in [4.69, 9.17) is 13.6 Å². The highest BCUT2D eigenvalue weighted by Gasteiger charge is 2.53. The fraction of sp³-hybridized carbons (Fsp3) is 0.562. The van der Waals surface area contributed by atoms with E-state index in [1.165, 1.54) is 10.4 Å². The standard InChI is InChI=1S/C32H50O4Si2/c1-30(2,3)37(8,9)36-26(25-32(7)29(35-32)21-16-23-33)22-24-34-38(31(4,5)6,27-17-12-10-13-18-27)28-19-14-11-15-20-28/h10-21,26,29,33H,22-25H2,1-9H3/b21-16+/t26-,29+,32+/m1/s1. The SMILES string of the molecule is CC(C)(C)[Si](C)(C)O[C@H](CCO[Si](c1ccccc1)(c1ccccc1)C(C)(C)C)C[C@]1(C)O[C@H]1/C=C/CO. The van der Waals surface area contributed by atoms with E-state index < -0.39 is 16.6 Å². The number of ether oxygens (including phenoxy) is 1. The van der Waals surface area contributed by atoms with Gasteiger partial charge >= 0.3 is 0 Å². The van der Waals surface area contributed by atoms with Crippen molar-refractivity contribution in [3.63, 3.8) is 0 Å². The maximum Gasteiger partial charge on any atom is 0.261 e. The van der Waals surface area contributed by atoms with Gasteiger partial charge in [0.1, 0.15) is 6.10 Å². The summed E-state index contributed by atoms with van der Waals surface area (Å²) in [6.45, 7) is 21.3. The lowest BCUT2D eigenvalue weighted by molar-refractivity contribution is 0.110. The summed E-state index contributed by atoms with van der Waals surface area (Å²) in [7, 11) is -4.61. The molecule has 0 bridgehead atoms. The number of aliphatic hydroxyl groups excluding tert-OH is 1. The summed E-state index contributed by atoms with van der Waals surface area (Å²) in [5.41, 5.74) is -0.268. The van der Waals surface area contributed by atoms with Gasteiger partial charge in [-0.25, -0.2) is 0 Å². The van der Waals surface area contributed by atoms with Gasteiger partial charge in [-0.3, -0.25) is 0 Å². The Morgan fingerprint density at radius 1 is 0.921 bits per heavy atom. The summed E-state index contributed by atoms with van der Waals surface area (Å²) >= 11 is 0. The predicted molar refractivity (Wildman–Crippen MR) is 164 cm³/mol. The maximum absolute atomic E-state index is 9.21. The van der Waals surface area contributed by atoms with Crippen molar-refractivity contribution in [2.24, 2.45) is 0 Å². The van der Waals surface area contributed by atoms with Crippen LogP contribution in [0, 0.1) is 0 Å². The lowest BCUT2D eigenvalue weighted by Gasteiger charge is -2.44. The van der Waals surface area contributed by atoms with E-state index in [1.807, 2.05) is 6.08 Å². The minimum atomic E-state index is -2.60. The van der Waals surface area contributed by atoms with Gasteiger partial charge in [0, 0.05) is 13.0 Å². The Morgan fingerprint density at radius 3 is 1.89 bits per heavy atom. The van der Waals surface area contributed by atoms with Gasteiger partial charge in [-0.1, -0.05) is 114 Å². The molecule has 1 aliphatic rings. The van der Waals surface area contributed by atoms with Crippen molar-refractivity contribution in [3.8, 4) is 0 Å². The molecule has 0 aromatic heterocycles. The summed E-state index contributed by atoms with van der Waals surface area (Å²) in [6, 6.07) is 21.6. The Labute approximate surface area is 233 Å². The molecule has 0 spiro atoms. The van der Waals surface area contributed by atoms with Gasteiger partial charge in [0.05, 0.1) is 18.3 Å². The first-order valence-electron chi connectivity index (χ1n) is 14.0. The van der Waals surface area contributed by atoms with Crippen LogP contribution in [0.15, 0.2) is 72.8 Å². The van der Waals surface area contributed by atoms with Gasteiger partial charge < -0.3 is 18.7 Å². The van der Waals surface area contributed by atoms with Crippen LogP contribution in [0.1, 0.15) is 61.3 Å². The van der Waals surface area contributed by atoms with Crippen LogP contribution in [0.25, 0.3) is 0 Å². The van der Waals surface area contributed by atoms with Crippen LogP contribution in [-0.4, -0.2) is 52.8 Å². The Kier molecular flexibility index (Phi) is 9.71. The van der Waals surface area contributed by atoms with E-state index in [2.05, 4.69) is 122 Å². The summed E-state index contributed by atoms with van der Waals surface area (Å²) in [5, 5.41) is 11.9. The van der Waals surface area contributed by atoms with Gasteiger partial charge in [0.2, 0.25) is 0 Å². The number of epoxide rings is 1. The molecule has 1 saturated heterocycles. The monoisotopic (exact) mass is 554 g/mol. The second-order valence-corrected chi connectivity index (χ2v) is 22.5. The third-order valence-corrected chi connectivity index (χ3v) is 18.0. The topological polar surface area (TPSA) is 51.2 Å². The molecule has 3 atom stereocenters. The first-order valence-corrected chi connectivity index (χ1v) is 18.9. The molecule has 3 rings (SSSR count). The molecule has 6 heteroatoms. The highest BCUT2D eigenvalue weighted by atomic mass is 28.4. The van der Waals surface area contributed by atoms with Crippen LogP contribution in [-0.2, 0) is 13.6 Å². The third kappa shape index (κ3) is 6.96. The molecule has 2 aromatic rings. The Hall–Kier alpha value is -1.55. The van der Waals surface area contributed by atoms with E-state index in [0.29, 0.717) is 6.61 Å². The zero-order chi connectivity index (χ0) is 28.2. The van der Waals surface area contributed by atoms with Gasteiger partial charge in [0.25, 0.3) is 8.32 Å². The second-order valence-electron chi connectivity index (χ2n) is 13.5. The molecule has 0 unspecified atom stereocenters. The number of aliphatic hydroxyl groups is 1. The minimum absolute atomic E-state index is 0.0257.